The van der Waals surface area contributed by atoms with Crippen LogP contribution >= 0.6 is 0 Å². The summed E-state index contributed by atoms with van der Waals surface area (Å²) in [6.45, 7) is 2.97. The minimum Gasteiger partial charge on any atom is -0.468 e. The average Bonchev–Trinajstić information content (AvgIpc) is 2.56. The van der Waals surface area contributed by atoms with Gasteiger partial charge in [0.15, 0.2) is 11.6 Å². The van der Waals surface area contributed by atoms with Crippen LogP contribution in [0, 0.1) is 11.6 Å². The number of halogens is 2. The zero-order valence-corrected chi connectivity index (χ0v) is 12.6. The van der Waals surface area contributed by atoms with Crippen molar-refractivity contribution in [1.29, 1.82) is 0 Å². The molecular weight excluding hydrogens is 306 g/mol. The van der Waals surface area contributed by atoms with Crippen molar-refractivity contribution < 1.29 is 18.3 Å². The second-order valence-electron chi connectivity index (χ2n) is 5.32. The number of ether oxygens (including phenoxy) is 1. The Kier molecular flexibility index (Phi) is 4.33. The summed E-state index contributed by atoms with van der Waals surface area (Å²) in [5.74, 6) is -1.52. The van der Waals surface area contributed by atoms with E-state index in [1.807, 2.05) is 9.80 Å². The highest BCUT2D eigenvalue weighted by atomic mass is 19.2. The average molecular weight is 322 g/mol. The van der Waals surface area contributed by atoms with Crippen LogP contribution in [0.15, 0.2) is 18.3 Å². The first-order chi connectivity index (χ1) is 11.1. The Morgan fingerprint density at radius 3 is 2.48 bits per heavy atom. The standard InChI is InChI=1S/C15H16F2N4O2/c1-23-15(22)9-20-2-4-21(5-3-20)14-8-18-12-6-10(16)11(17)7-13(12)19-14/h6-8H,2-5,9H2,1H3. The second-order valence-corrected chi connectivity index (χ2v) is 5.32. The fourth-order valence-corrected chi connectivity index (χ4v) is 2.53. The largest absolute Gasteiger partial charge is 0.468 e. The molecule has 0 atom stereocenters. The van der Waals surface area contributed by atoms with Crippen LogP contribution < -0.4 is 4.90 Å². The maximum Gasteiger partial charge on any atom is 0.319 e. The third kappa shape index (κ3) is 3.37. The Morgan fingerprint density at radius 1 is 1.17 bits per heavy atom. The lowest BCUT2D eigenvalue weighted by Gasteiger charge is -2.34. The summed E-state index contributed by atoms with van der Waals surface area (Å²) in [6.07, 6.45) is 1.55. The van der Waals surface area contributed by atoms with Crippen molar-refractivity contribution in [2.24, 2.45) is 0 Å². The third-order valence-corrected chi connectivity index (χ3v) is 3.85. The molecule has 122 valence electrons. The summed E-state index contributed by atoms with van der Waals surface area (Å²) >= 11 is 0. The molecule has 1 fully saturated rings. The number of anilines is 1. The van der Waals surface area contributed by atoms with Gasteiger partial charge in [-0.05, 0) is 0 Å². The number of rotatable bonds is 3. The minimum atomic E-state index is -0.938. The van der Waals surface area contributed by atoms with Crippen molar-refractivity contribution in [2.75, 3.05) is 44.7 Å². The molecular formula is C15H16F2N4O2. The van der Waals surface area contributed by atoms with Gasteiger partial charge in [0.2, 0.25) is 0 Å². The summed E-state index contributed by atoms with van der Waals surface area (Å²) in [5, 5.41) is 0. The van der Waals surface area contributed by atoms with Gasteiger partial charge in [0.05, 0.1) is 30.9 Å². The number of nitrogens with zero attached hydrogens (tertiary/aromatic N) is 4. The molecule has 2 aromatic rings. The smallest absolute Gasteiger partial charge is 0.319 e. The highest BCUT2D eigenvalue weighted by molar-refractivity contribution is 5.75. The summed E-state index contributed by atoms with van der Waals surface area (Å²) in [6, 6.07) is 2.09. The van der Waals surface area contributed by atoms with E-state index in [2.05, 4.69) is 14.7 Å². The van der Waals surface area contributed by atoms with E-state index >= 15 is 0 Å². The number of aromatic nitrogens is 2. The van der Waals surface area contributed by atoms with E-state index in [1.54, 1.807) is 6.20 Å². The van der Waals surface area contributed by atoms with E-state index < -0.39 is 11.6 Å². The number of hydrogen-bond donors (Lipinski definition) is 0. The van der Waals surface area contributed by atoms with Gasteiger partial charge in [0.25, 0.3) is 0 Å². The molecule has 0 saturated carbocycles. The van der Waals surface area contributed by atoms with Crippen molar-refractivity contribution in [3.8, 4) is 0 Å². The van der Waals surface area contributed by atoms with E-state index in [4.69, 9.17) is 0 Å². The van der Waals surface area contributed by atoms with Gasteiger partial charge in [-0.3, -0.25) is 14.7 Å². The summed E-state index contributed by atoms with van der Waals surface area (Å²) in [7, 11) is 1.37. The quantitative estimate of drug-likeness (QED) is 0.792. The van der Waals surface area contributed by atoms with Gasteiger partial charge in [0, 0.05) is 38.3 Å². The first-order valence-electron chi connectivity index (χ1n) is 7.23. The lowest BCUT2D eigenvalue weighted by molar-refractivity contribution is -0.142. The maximum absolute atomic E-state index is 13.3. The Morgan fingerprint density at radius 2 is 1.83 bits per heavy atom. The highest BCUT2D eigenvalue weighted by Gasteiger charge is 2.20. The molecule has 1 aliphatic heterocycles. The van der Waals surface area contributed by atoms with E-state index in [0.29, 0.717) is 43.0 Å². The first-order valence-corrected chi connectivity index (χ1v) is 7.23. The Bertz CT molecular complexity index is 733. The molecule has 0 aliphatic carbocycles. The Hall–Kier alpha value is -2.35. The van der Waals surface area contributed by atoms with E-state index in [9.17, 15) is 13.6 Å². The molecule has 1 saturated heterocycles. The molecule has 2 heterocycles. The number of carbonyl (C=O) groups excluding carboxylic acids is 1. The molecule has 1 aliphatic rings. The predicted octanol–water partition coefficient (Wildman–Crippen LogP) is 1.20. The number of fused-ring (bicyclic) bond motifs is 1. The molecule has 8 heteroatoms. The normalized spacial score (nSPS) is 15.9. The molecule has 0 spiro atoms. The van der Waals surface area contributed by atoms with Gasteiger partial charge < -0.3 is 9.64 Å². The summed E-state index contributed by atoms with van der Waals surface area (Å²) in [5.41, 5.74) is 0.635. The topological polar surface area (TPSA) is 58.6 Å². The fraction of sp³-hybridized carbons (Fsp3) is 0.400. The molecule has 0 radical (unpaired) electrons. The van der Waals surface area contributed by atoms with Crippen LogP contribution in [0.3, 0.4) is 0 Å². The van der Waals surface area contributed by atoms with Crippen molar-refractivity contribution >= 4 is 22.8 Å². The molecule has 0 N–H and O–H groups in total. The van der Waals surface area contributed by atoms with Gasteiger partial charge >= 0.3 is 5.97 Å². The van der Waals surface area contributed by atoms with E-state index in [-0.39, 0.29) is 12.5 Å². The van der Waals surface area contributed by atoms with Crippen LogP contribution in [0.2, 0.25) is 0 Å². The molecule has 0 bridgehead atoms. The molecule has 1 aromatic heterocycles. The molecule has 0 amide bonds. The first kappa shape index (κ1) is 15.5. The van der Waals surface area contributed by atoms with Crippen molar-refractivity contribution in [2.45, 2.75) is 0 Å². The zero-order chi connectivity index (χ0) is 16.4. The monoisotopic (exact) mass is 322 g/mol. The SMILES string of the molecule is COC(=O)CN1CCN(c2cnc3cc(F)c(F)cc3n2)CC1. The molecule has 6 nitrogen and oxygen atoms in total. The van der Waals surface area contributed by atoms with E-state index in [1.165, 1.54) is 7.11 Å². The molecule has 23 heavy (non-hydrogen) atoms. The van der Waals surface area contributed by atoms with E-state index in [0.717, 1.165) is 12.1 Å². The lowest BCUT2D eigenvalue weighted by atomic mass is 10.2. The maximum atomic E-state index is 13.3. The lowest BCUT2D eigenvalue weighted by Crippen LogP contribution is -2.48. The van der Waals surface area contributed by atoms with Crippen LogP contribution in [0.25, 0.3) is 11.0 Å². The Balaban J connectivity index is 1.72. The van der Waals surface area contributed by atoms with Crippen LogP contribution in [0.4, 0.5) is 14.6 Å². The van der Waals surface area contributed by atoms with Crippen LogP contribution in [0.5, 0.6) is 0 Å². The number of benzene rings is 1. The highest BCUT2D eigenvalue weighted by Crippen LogP contribution is 2.19. The zero-order valence-electron chi connectivity index (χ0n) is 12.6. The molecule has 1 aromatic carbocycles. The molecule has 3 rings (SSSR count). The van der Waals surface area contributed by atoms with Gasteiger partial charge in [0.1, 0.15) is 5.82 Å². The van der Waals surface area contributed by atoms with Crippen molar-refractivity contribution in [3.05, 3.63) is 30.0 Å². The number of esters is 1. The van der Waals surface area contributed by atoms with Gasteiger partial charge in [-0.1, -0.05) is 0 Å². The van der Waals surface area contributed by atoms with Gasteiger partial charge in [-0.25, -0.2) is 13.8 Å². The number of hydrogen-bond acceptors (Lipinski definition) is 6. The van der Waals surface area contributed by atoms with Gasteiger partial charge in [-0.15, -0.1) is 0 Å². The van der Waals surface area contributed by atoms with Crippen LogP contribution in [0.1, 0.15) is 0 Å². The number of carbonyl (C=O) groups is 1. The second kappa shape index (κ2) is 6.41. The third-order valence-electron chi connectivity index (χ3n) is 3.85. The van der Waals surface area contributed by atoms with Crippen LogP contribution in [-0.4, -0.2) is 60.7 Å². The van der Waals surface area contributed by atoms with Crippen LogP contribution in [-0.2, 0) is 9.53 Å². The van der Waals surface area contributed by atoms with Crippen molar-refractivity contribution in [1.82, 2.24) is 14.9 Å². The summed E-state index contributed by atoms with van der Waals surface area (Å²) < 4.78 is 31.2. The summed E-state index contributed by atoms with van der Waals surface area (Å²) in [4.78, 5) is 23.8. The van der Waals surface area contributed by atoms with Gasteiger partial charge in [-0.2, -0.15) is 0 Å². The Labute approximate surface area is 131 Å². The van der Waals surface area contributed by atoms with Crippen molar-refractivity contribution in [3.63, 3.8) is 0 Å². The fourth-order valence-electron chi connectivity index (χ4n) is 2.53. The number of methoxy groups -OCH3 is 1. The number of piperazine rings is 1. The molecule has 0 unspecified atom stereocenters. The predicted molar refractivity (Wildman–Crippen MR) is 80.1 cm³/mol. The minimum absolute atomic E-state index is 0.262.